The first-order valence-electron chi connectivity index (χ1n) is 5.50. The van der Waals surface area contributed by atoms with Gasteiger partial charge >= 0.3 is 0 Å². The number of unbranched alkanes of at least 4 members (excludes halogenated alkanes) is 1. The summed E-state index contributed by atoms with van der Waals surface area (Å²) in [5.41, 5.74) is 1.11. The molecule has 82 valence electrons. The van der Waals surface area contributed by atoms with E-state index in [1.54, 1.807) is 0 Å². The standard InChI is InChI=1S/C14H20O/c1-3-4-8-11-14(2,12-15)13-9-6-5-7-10-13/h3,5-7,9-10,15H,1,4,8,11-12H2,2H3/t14-/m1/s1. The van der Waals surface area contributed by atoms with Crippen LogP contribution in [0.15, 0.2) is 43.0 Å². The normalized spacial score (nSPS) is 14.5. The van der Waals surface area contributed by atoms with Crippen molar-refractivity contribution in [1.82, 2.24) is 0 Å². The number of hydrogen-bond acceptors (Lipinski definition) is 1. The van der Waals surface area contributed by atoms with Crippen molar-refractivity contribution in [2.24, 2.45) is 0 Å². The van der Waals surface area contributed by atoms with Crippen LogP contribution in [0.5, 0.6) is 0 Å². The maximum absolute atomic E-state index is 9.51. The lowest BCUT2D eigenvalue weighted by Crippen LogP contribution is -2.26. The first-order chi connectivity index (χ1) is 7.23. The Kier molecular flexibility index (Phi) is 4.57. The minimum Gasteiger partial charge on any atom is -0.395 e. The van der Waals surface area contributed by atoms with Gasteiger partial charge in [0.2, 0.25) is 0 Å². The quantitative estimate of drug-likeness (QED) is 0.557. The second-order valence-corrected chi connectivity index (χ2v) is 4.27. The molecule has 0 amide bonds. The summed E-state index contributed by atoms with van der Waals surface area (Å²) in [6.07, 6.45) is 5.03. The second-order valence-electron chi connectivity index (χ2n) is 4.27. The fraction of sp³-hybridized carbons (Fsp3) is 0.429. The van der Waals surface area contributed by atoms with Crippen LogP contribution < -0.4 is 0 Å². The van der Waals surface area contributed by atoms with Gasteiger partial charge in [0.1, 0.15) is 0 Å². The predicted molar refractivity (Wildman–Crippen MR) is 64.9 cm³/mol. The molecule has 15 heavy (non-hydrogen) atoms. The van der Waals surface area contributed by atoms with Crippen LogP contribution >= 0.6 is 0 Å². The van der Waals surface area contributed by atoms with Gasteiger partial charge in [0.15, 0.2) is 0 Å². The molecule has 0 spiro atoms. The van der Waals surface area contributed by atoms with Crippen molar-refractivity contribution < 1.29 is 5.11 Å². The Morgan fingerprint density at radius 2 is 2.00 bits per heavy atom. The van der Waals surface area contributed by atoms with Gasteiger partial charge in [-0.25, -0.2) is 0 Å². The third kappa shape index (κ3) is 3.21. The number of hydrogen-bond donors (Lipinski definition) is 1. The van der Waals surface area contributed by atoms with E-state index in [4.69, 9.17) is 0 Å². The van der Waals surface area contributed by atoms with Crippen molar-refractivity contribution in [3.63, 3.8) is 0 Å². The van der Waals surface area contributed by atoms with E-state index >= 15 is 0 Å². The zero-order valence-electron chi connectivity index (χ0n) is 9.45. The number of benzene rings is 1. The molecule has 1 nitrogen and oxygen atoms in total. The summed E-state index contributed by atoms with van der Waals surface area (Å²) in [7, 11) is 0. The molecule has 1 aromatic carbocycles. The average Bonchev–Trinajstić information content (AvgIpc) is 2.30. The van der Waals surface area contributed by atoms with Gasteiger partial charge in [-0.2, -0.15) is 0 Å². The molecule has 0 saturated heterocycles. The molecule has 0 radical (unpaired) electrons. The van der Waals surface area contributed by atoms with Crippen LogP contribution in [-0.4, -0.2) is 11.7 Å². The van der Waals surface area contributed by atoms with Crippen molar-refractivity contribution in [2.75, 3.05) is 6.61 Å². The molecule has 0 aromatic heterocycles. The molecule has 0 fully saturated rings. The minimum absolute atomic E-state index is 0.107. The predicted octanol–water partition coefficient (Wildman–Crippen LogP) is 3.29. The fourth-order valence-corrected chi connectivity index (χ4v) is 1.79. The molecule has 0 aliphatic heterocycles. The molecule has 1 rings (SSSR count). The van der Waals surface area contributed by atoms with Gasteiger partial charge in [-0.3, -0.25) is 0 Å². The summed E-state index contributed by atoms with van der Waals surface area (Å²) < 4.78 is 0. The first-order valence-corrected chi connectivity index (χ1v) is 5.50. The van der Waals surface area contributed by atoms with E-state index in [1.165, 1.54) is 5.56 Å². The number of allylic oxidation sites excluding steroid dienone is 1. The average molecular weight is 204 g/mol. The maximum atomic E-state index is 9.51. The van der Waals surface area contributed by atoms with Crippen LogP contribution in [0.2, 0.25) is 0 Å². The van der Waals surface area contributed by atoms with Gasteiger partial charge in [0, 0.05) is 5.41 Å². The lowest BCUT2D eigenvalue weighted by molar-refractivity contribution is 0.195. The van der Waals surface area contributed by atoms with Crippen molar-refractivity contribution in [1.29, 1.82) is 0 Å². The van der Waals surface area contributed by atoms with Crippen LogP contribution in [0.1, 0.15) is 31.7 Å². The van der Waals surface area contributed by atoms with Crippen molar-refractivity contribution >= 4 is 0 Å². The highest BCUT2D eigenvalue weighted by atomic mass is 16.3. The Morgan fingerprint density at radius 3 is 2.53 bits per heavy atom. The topological polar surface area (TPSA) is 20.2 Å². The minimum atomic E-state index is -0.107. The summed E-state index contributed by atoms with van der Waals surface area (Å²) in [5, 5.41) is 9.51. The van der Waals surface area contributed by atoms with Gasteiger partial charge in [-0.1, -0.05) is 43.3 Å². The smallest absolute Gasteiger partial charge is 0.0525 e. The van der Waals surface area contributed by atoms with E-state index in [-0.39, 0.29) is 12.0 Å². The first kappa shape index (κ1) is 12.0. The van der Waals surface area contributed by atoms with E-state index in [0.717, 1.165) is 19.3 Å². The highest BCUT2D eigenvalue weighted by Crippen LogP contribution is 2.28. The van der Waals surface area contributed by atoms with Gasteiger partial charge in [0.25, 0.3) is 0 Å². The monoisotopic (exact) mass is 204 g/mol. The molecule has 0 heterocycles. The molecule has 1 heteroatoms. The molecule has 1 aromatic rings. The third-order valence-corrected chi connectivity index (χ3v) is 2.96. The Labute approximate surface area is 92.5 Å². The number of aliphatic hydroxyl groups excluding tert-OH is 1. The van der Waals surface area contributed by atoms with E-state index in [0.29, 0.717) is 0 Å². The molecule has 0 aliphatic carbocycles. The van der Waals surface area contributed by atoms with Crippen molar-refractivity contribution in [2.45, 2.75) is 31.6 Å². The van der Waals surface area contributed by atoms with Crippen molar-refractivity contribution in [3.8, 4) is 0 Å². The van der Waals surface area contributed by atoms with Crippen LogP contribution in [0.4, 0.5) is 0 Å². The summed E-state index contributed by atoms with van der Waals surface area (Å²) in [6, 6.07) is 10.2. The van der Waals surface area contributed by atoms with Gasteiger partial charge < -0.3 is 5.11 Å². The van der Waals surface area contributed by atoms with Gasteiger partial charge in [0.05, 0.1) is 6.61 Å². The lowest BCUT2D eigenvalue weighted by atomic mass is 9.79. The van der Waals surface area contributed by atoms with Crippen LogP contribution in [-0.2, 0) is 5.41 Å². The molecule has 0 bridgehead atoms. The molecular formula is C14H20O. The summed E-state index contributed by atoms with van der Waals surface area (Å²) in [6.45, 7) is 6.04. The summed E-state index contributed by atoms with van der Waals surface area (Å²) >= 11 is 0. The largest absolute Gasteiger partial charge is 0.395 e. The number of rotatable bonds is 6. The Hall–Kier alpha value is -1.08. The number of aliphatic hydroxyl groups is 1. The molecule has 1 N–H and O–H groups in total. The van der Waals surface area contributed by atoms with E-state index in [9.17, 15) is 5.11 Å². The zero-order chi connectivity index (χ0) is 11.1. The molecule has 0 aliphatic rings. The maximum Gasteiger partial charge on any atom is 0.0525 e. The van der Waals surface area contributed by atoms with E-state index in [1.807, 2.05) is 24.3 Å². The second kappa shape index (κ2) is 5.72. The van der Waals surface area contributed by atoms with E-state index in [2.05, 4.69) is 25.6 Å². The van der Waals surface area contributed by atoms with E-state index < -0.39 is 0 Å². The molecular weight excluding hydrogens is 184 g/mol. The highest BCUT2D eigenvalue weighted by molar-refractivity contribution is 5.24. The zero-order valence-corrected chi connectivity index (χ0v) is 9.45. The molecule has 1 atom stereocenters. The third-order valence-electron chi connectivity index (χ3n) is 2.96. The van der Waals surface area contributed by atoms with Crippen LogP contribution in [0.3, 0.4) is 0 Å². The SMILES string of the molecule is C=CCCC[C@](C)(CO)c1ccccc1. The summed E-state index contributed by atoms with van der Waals surface area (Å²) in [5.74, 6) is 0. The van der Waals surface area contributed by atoms with Crippen LogP contribution in [0, 0.1) is 0 Å². The van der Waals surface area contributed by atoms with Gasteiger partial charge in [-0.15, -0.1) is 6.58 Å². The Balaban J connectivity index is 2.71. The Morgan fingerprint density at radius 1 is 1.33 bits per heavy atom. The fourth-order valence-electron chi connectivity index (χ4n) is 1.79. The summed E-state index contributed by atoms with van der Waals surface area (Å²) in [4.78, 5) is 0. The molecule has 0 saturated carbocycles. The van der Waals surface area contributed by atoms with Crippen molar-refractivity contribution in [3.05, 3.63) is 48.6 Å². The highest BCUT2D eigenvalue weighted by Gasteiger charge is 2.24. The van der Waals surface area contributed by atoms with Gasteiger partial charge in [-0.05, 0) is 24.8 Å². The van der Waals surface area contributed by atoms with Crippen LogP contribution in [0.25, 0.3) is 0 Å². The molecule has 0 unspecified atom stereocenters. The lowest BCUT2D eigenvalue weighted by Gasteiger charge is -2.27. The Bertz CT molecular complexity index is 291.